The number of aromatic nitrogens is 8. The number of ether oxygens (including phenoxy) is 2. The van der Waals surface area contributed by atoms with E-state index in [0.29, 0.717) is 51.4 Å². The van der Waals surface area contributed by atoms with Crippen LogP contribution in [0.1, 0.15) is 63.0 Å². The molecule has 6 aromatic rings. The Balaban J connectivity index is 1.10. The lowest BCUT2D eigenvalue weighted by molar-refractivity contribution is -0.138. The summed E-state index contributed by atoms with van der Waals surface area (Å²) in [5.74, 6) is 2.82. The summed E-state index contributed by atoms with van der Waals surface area (Å²) in [5.41, 5.74) is 6.87. The molecule has 10 rings (SSSR count). The van der Waals surface area contributed by atoms with Crippen molar-refractivity contribution >= 4 is 45.2 Å². The van der Waals surface area contributed by atoms with Gasteiger partial charge in [-0.3, -0.25) is 18.4 Å². The predicted octanol–water partition coefficient (Wildman–Crippen LogP) is 4.38. The minimum absolute atomic E-state index is 0.0193. The third-order valence-electron chi connectivity index (χ3n) is 12.4. The molecule has 0 aliphatic carbocycles. The van der Waals surface area contributed by atoms with Crippen LogP contribution in [0.15, 0.2) is 37.1 Å². The number of H-pyrrole nitrogens is 2. The number of likely N-dealkylation sites (tertiary alicyclic amines) is 2. The third-order valence-corrected chi connectivity index (χ3v) is 12.4. The summed E-state index contributed by atoms with van der Waals surface area (Å²) in [6.07, 6.45) is 12.9. The van der Waals surface area contributed by atoms with Crippen molar-refractivity contribution in [3.8, 4) is 11.3 Å². The molecule has 4 aliphatic rings. The zero-order valence-electron chi connectivity index (χ0n) is 29.6. The van der Waals surface area contributed by atoms with Gasteiger partial charge in [0.05, 0.1) is 60.2 Å². The summed E-state index contributed by atoms with van der Waals surface area (Å²) in [7, 11) is 0. The number of carbonyl (C=O) groups excluding carboxylic acids is 2. The Morgan fingerprint density at radius 3 is 2.08 bits per heavy atom. The lowest BCUT2D eigenvalue weighted by Crippen LogP contribution is -2.45. The van der Waals surface area contributed by atoms with Crippen LogP contribution in [0, 0.1) is 23.7 Å². The van der Waals surface area contributed by atoms with E-state index in [1.54, 1.807) is 0 Å². The van der Waals surface area contributed by atoms with Crippen molar-refractivity contribution in [3.63, 3.8) is 0 Å². The van der Waals surface area contributed by atoms with Crippen LogP contribution in [-0.4, -0.2) is 113 Å². The first-order chi connectivity index (χ1) is 25.4. The highest BCUT2D eigenvalue weighted by Crippen LogP contribution is 2.40. The lowest BCUT2D eigenvalue weighted by atomic mass is 9.85. The summed E-state index contributed by atoms with van der Waals surface area (Å²) < 4.78 is 15.6. The molecule has 10 heterocycles. The number of hydrogen-bond acceptors (Lipinski definition) is 8. The first kappa shape index (κ1) is 31.9. The van der Waals surface area contributed by atoms with Gasteiger partial charge in [-0.05, 0) is 43.6 Å². The van der Waals surface area contributed by atoms with Gasteiger partial charge in [0, 0.05) is 69.2 Å². The maximum Gasteiger partial charge on any atom is 0.228 e. The van der Waals surface area contributed by atoms with Crippen LogP contribution >= 0.6 is 0 Å². The molecule has 0 radical (unpaired) electrons. The molecule has 14 nitrogen and oxygen atoms in total. The van der Waals surface area contributed by atoms with E-state index < -0.39 is 0 Å². The Hall–Kier alpha value is -4.82. The summed E-state index contributed by atoms with van der Waals surface area (Å²) in [5, 5.41) is 0. The number of piperidine rings is 2. The highest BCUT2D eigenvalue weighted by molar-refractivity contribution is 5.97. The van der Waals surface area contributed by atoms with E-state index in [4.69, 9.17) is 29.4 Å². The molecule has 4 saturated heterocycles. The summed E-state index contributed by atoms with van der Waals surface area (Å²) in [6, 6.07) is 2.05. The van der Waals surface area contributed by atoms with Gasteiger partial charge < -0.3 is 29.2 Å². The van der Waals surface area contributed by atoms with Gasteiger partial charge in [-0.2, -0.15) is 0 Å². The number of imidazole rings is 2. The molecular formula is C38H44N10O4. The molecular weight excluding hydrogens is 660 g/mol. The summed E-state index contributed by atoms with van der Waals surface area (Å²) in [6.45, 7) is 9.58. The first-order valence-electron chi connectivity index (χ1n) is 18.9. The fourth-order valence-electron chi connectivity index (χ4n) is 9.24. The Bertz CT molecular complexity index is 2330. The number of nitrogens with zero attached hydrogens (tertiary/aromatic N) is 8. The topological polar surface area (TPSA) is 151 Å². The molecule has 0 aromatic carbocycles. The van der Waals surface area contributed by atoms with Crippen molar-refractivity contribution in [1.29, 1.82) is 0 Å². The van der Waals surface area contributed by atoms with E-state index in [9.17, 15) is 9.59 Å². The van der Waals surface area contributed by atoms with Crippen LogP contribution < -0.4 is 0 Å². The maximum absolute atomic E-state index is 13.6. The van der Waals surface area contributed by atoms with E-state index in [1.165, 1.54) is 0 Å². The second-order valence-electron chi connectivity index (χ2n) is 15.5. The van der Waals surface area contributed by atoms with E-state index in [0.717, 1.165) is 95.0 Å². The quantitative estimate of drug-likeness (QED) is 0.269. The maximum atomic E-state index is 13.6. The number of nitrogens with one attached hydrogen (secondary N) is 2. The van der Waals surface area contributed by atoms with Crippen molar-refractivity contribution in [2.24, 2.45) is 23.7 Å². The summed E-state index contributed by atoms with van der Waals surface area (Å²) >= 11 is 0. The van der Waals surface area contributed by atoms with Crippen molar-refractivity contribution in [3.05, 3.63) is 48.7 Å². The zero-order valence-corrected chi connectivity index (χ0v) is 29.6. The molecule has 0 unspecified atom stereocenters. The smallest absolute Gasteiger partial charge is 0.228 e. The van der Waals surface area contributed by atoms with Crippen LogP contribution in [0.2, 0.25) is 0 Å². The number of hydrogen-bond donors (Lipinski definition) is 2. The molecule has 0 spiro atoms. The Labute approximate surface area is 299 Å². The van der Waals surface area contributed by atoms with E-state index >= 15 is 0 Å². The van der Waals surface area contributed by atoms with Gasteiger partial charge in [0.25, 0.3) is 0 Å². The number of aromatic amines is 2. The highest BCUT2D eigenvalue weighted by Gasteiger charge is 2.39. The number of amides is 2. The van der Waals surface area contributed by atoms with E-state index in [1.807, 2.05) is 40.8 Å². The molecule has 0 saturated carbocycles. The monoisotopic (exact) mass is 704 g/mol. The second-order valence-corrected chi connectivity index (χ2v) is 15.5. The summed E-state index contributed by atoms with van der Waals surface area (Å²) in [4.78, 5) is 58.1. The molecule has 4 fully saturated rings. The van der Waals surface area contributed by atoms with Crippen molar-refractivity contribution in [2.45, 2.75) is 51.4 Å². The zero-order chi connectivity index (χ0) is 35.1. The van der Waals surface area contributed by atoms with Crippen LogP contribution in [0.3, 0.4) is 0 Å². The largest absolute Gasteiger partial charge is 0.381 e. The first-order valence-corrected chi connectivity index (χ1v) is 18.9. The minimum atomic E-state index is -0.0680. The molecule has 2 N–H and O–H groups in total. The Morgan fingerprint density at radius 1 is 0.750 bits per heavy atom. The third kappa shape index (κ3) is 4.97. The van der Waals surface area contributed by atoms with Gasteiger partial charge in [-0.25, -0.2) is 19.9 Å². The molecule has 6 atom stereocenters. The van der Waals surface area contributed by atoms with Gasteiger partial charge in [0.2, 0.25) is 11.8 Å². The molecule has 270 valence electrons. The molecule has 14 heteroatoms. The van der Waals surface area contributed by atoms with Crippen LogP contribution in [-0.2, 0) is 19.1 Å². The van der Waals surface area contributed by atoms with Gasteiger partial charge >= 0.3 is 0 Å². The fourth-order valence-corrected chi connectivity index (χ4v) is 9.24. The van der Waals surface area contributed by atoms with Gasteiger partial charge in [0.1, 0.15) is 22.9 Å². The van der Waals surface area contributed by atoms with Crippen molar-refractivity contribution in [1.82, 2.24) is 48.5 Å². The average Bonchev–Trinajstić information content (AvgIpc) is 4.01. The number of rotatable bonds is 5. The predicted molar refractivity (Wildman–Crippen MR) is 193 cm³/mol. The van der Waals surface area contributed by atoms with Crippen molar-refractivity contribution in [2.75, 3.05) is 52.6 Å². The van der Waals surface area contributed by atoms with Crippen LogP contribution in [0.25, 0.3) is 44.6 Å². The molecule has 4 aliphatic heterocycles. The second kappa shape index (κ2) is 12.4. The molecule has 52 heavy (non-hydrogen) atoms. The van der Waals surface area contributed by atoms with Crippen LogP contribution in [0.5, 0.6) is 0 Å². The standard InChI is InChI=1S/C38H44N10O4/c1-21-4-9-45(37(49)23-6-11-51-19-23)17-27(21)35-43-14-25-13-40-34-32(47(25)35)26(15-41-34)31-30-16-42-33-29(3-8-39-33)48(30)36(44-31)28-18-46(10-5-22(28)2)38(50)24-7-12-52-20-24/h3,8,13-16,21-24,27-28,39,41H,4-7,9-12,17-20H2,1-2H3/t21-,22-,23+,24-,27+,28+/m1/s1. The number of fused-ring (bicyclic) bond motifs is 6. The normalized spacial score (nSPS) is 27.2. The van der Waals surface area contributed by atoms with Gasteiger partial charge in [0.15, 0.2) is 11.3 Å². The van der Waals surface area contributed by atoms with Crippen molar-refractivity contribution < 1.29 is 19.1 Å². The Morgan fingerprint density at radius 2 is 1.40 bits per heavy atom. The molecule has 0 bridgehead atoms. The lowest BCUT2D eigenvalue weighted by Gasteiger charge is -2.37. The van der Waals surface area contributed by atoms with E-state index in [-0.39, 0.29) is 35.5 Å². The Kier molecular flexibility index (Phi) is 7.60. The minimum Gasteiger partial charge on any atom is -0.381 e. The number of carbonyl (C=O) groups is 2. The fraction of sp³-hybridized carbons (Fsp3) is 0.526. The van der Waals surface area contributed by atoms with Gasteiger partial charge in [-0.15, -0.1) is 0 Å². The van der Waals surface area contributed by atoms with Crippen LogP contribution in [0.4, 0.5) is 0 Å². The molecule has 2 amide bonds. The van der Waals surface area contributed by atoms with E-state index in [2.05, 4.69) is 38.7 Å². The highest BCUT2D eigenvalue weighted by atomic mass is 16.5. The average molecular weight is 705 g/mol. The van der Waals surface area contributed by atoms with Gasteiger partial charge in [-0.1, -0.05) is 13.8 Å². The molecule has 6 aromatic heterocycles. The SMILES string of the molecule is C[C@@H]1CCN(C(=O)[C@@H]2CCOC2)C[C@@H]1c1nc(-c2c[nH]c3ncc4cnc([C@H]5CN(C(=O)[C@H]6CCOC6)CC[C@H]5C)n4c23)c2cnc3[nH]ccc3n12.